The minimum absolute atomic E-state index is 0.136. The van der Waals surface area contributed by atoms with Crippen LogP contribution in [0, 0.1) is 0 Å². The third kappa shape index (κ3) is 4.88. The fourth-order valence-corrected chi connectivity index (χ4v) is 10.0. The van der Waals surface area contributed by atoms with Crippen LogP contribution in [0.3, 0.4) is 0 Å². The molecule has 262 valence electrons. The minimum Gasteiger partial charge on any atom is -0.456 e. The summed E-state index contributed by atoms with van der Waals surface area (Å²) in [5, 5.41) is 4.69. The summed E-state index contributed by atoms with van der Waals surface area (Å²) in [5.41, 5.74) is 13.7. The summed E-state index contributed by atoms with van der Waals surface area (Å²) in [4.78, 5) is 4.83. The zero-order valence-corrected chi connectivity index (χ0v) is 31.3. The molecule has 0 aliphatic heterocycles. The first-order valence-corrected chi connectivity index (χ1v) is 19.7. The molecule has 0 unspecified atom stereocenters. The Morgan fingerprint density at radius 3 is 1.82 bits per heavy atom. The van der Waals surface area contributed by atoms with Crippen molar-refractivity contribution in [2.24, 2.45) is 0 Å². The molecule has 0 bridgehead atoms. The van der Waals surface area contributed by atoms with E-state index in [2.05, 4.69) is 200 Å². The van der Waals surface area contributed by atoms with Crippen molar-refractivity contribution >= 4 is 87.6 Å². The van der Waals surface area contributed by atoms with Gasteiger partial charge < -0.3 is 14.2 Å². The standard InChI is InChI=1S/C51H36N2OS/c1-51(2)41-21-11-9-19-37(41)38-29-27-36(32-42(38)51)53(43-22-13-25-46-49(43)39-20-10-12-24-45(39)54-46)35-28-30-47-40(31-35)50-44(23-14-26-48(50)55-47)52(33-15-5-3-6-16-33)34-17-7-4-8-18-34/h3-32H,1-2H3. The molecule has 0 fully saturated rings. The SMILES string of the molecule is CC1(C)c2ccccc2-c2ccc(N(c3ccc4sc5cccc(N(c6ccccc6)c6ccccc6)c5c4c3)c3cccc4oc5ccccc5c34)cc21. The summed E-state index contributed by atoms with van der Waals surface area (Å²) in [6.07, 6.45) is 0. The van der Waals surface area contributed by atoms with E-state index >= 15 is 0 Å². The van der Waals surface area contributed by atoms with Crippen molar-refractivity contribution in [1.29, 1.82) is 0 Å². The predicted octanol–water partition coefficient (Wildman–Crippen LogP) is 15.2. The van der Waals surface area contributed by atoms with Gasteiger partial charge in [0.2, 0.25) is 0 Å². The molecule has 0 saturated carbocycles. The Balaban J connectivity index is 1.18. The van der Waals surface area contributed by atoms with E-state index in [1.165, 1.54) is 42.4 Å². The second-order valence-corrected chi connectivity index (χ2v) is 16.0. The van der Waals surface area contributed by atoms with E-state index in [9.17, 15) is 0 Å². The lowest BCUT2D eigenvalue weighted by Gasteiger charge is -2.29. The van der Waals surface area contributed by atoms with E-state index in [4.69, 9.17) is 4.42 Å². The first-order valence-electron chi connectivity index (χ1n) is 18.8. The fraction of sp³-hybridized carbons (Fsp3) is 0.0588. The lowest BCUT2D eigenvalue weighted by atomic mass is 9.82. The van der Waals surface area contributed by atoms with Gasteiger partial charge in [0.05, 0.1) is 16.8 Å². The Morgan fingerprint density at radius 2 is 1.02 bits per heavy atom. The van der Waals surface area contributed by atoms with E-state index in [-0.39, 0.29) is 5.41 Å². The van der Waals surface area contributed by atoms with E-state index in [1.807, 2.05) is 17.4 Å². The van der Waals surface area contributed by atoms with Crippen LogP contribution in [0.2, 0.25) is 0 Å². The van der Waals surface area contributed by atoms with Crippen molar-refractivity contribution in [3.8, 4) is 11.1 Å². The highest BCUT2D eigenvalue weighted by molar-refractivity contribution is 7.26. The van der Waals surface area contributed by atoms with Gasteiger partial charge in [-0.25, -0.2) is 0 Å². The van der Waals surface area contributed by atoms with Crippen LogP contribution >= 0.6 is 11.3 Å². The molecule has 1 aliphatic rings. The minimum atomic E-state index is -0.136. The van der Waals surface area contributed by atoms with Gasteiger partial charge in [-0.3, -0.25) is 0 Å². The normalized spacial score (nSPS) is 13.1. The summed E-state index contributed by atoms with van der Waals surface area (Å²) < 4.78 is 8.99. The van der Waals surface area contributed by atoms with Crippen LogP contribution in [0.4, 0.5) is 34.1 Å². The smallest absolute Gasteiger partial charge is 0.137 e. The second kappa shape index (κ2) is 12.2. The van der Waals surface area contributed by atoms with Gasteiger partial charge in [-0.15, -0.1) is 11.3 Å². The number of hydrogen-bond acceptors (Lipinski definition) is 4. The maximum atomic E-state index is 6.48. The molecule has 0 N–H and O–H groups in total. The molecule has 2 heterocycles. The highest BCUT2D eigenvalue weighted by atomic mass is 32.1. The maximum absolute atomic E-state index is 6.48. The van der Waals surface area contributed by atoms with Crippen molar-refractivity contribution in [2.45, 2.75) is 19.3 Å². The van der Waals surface area contributed by atoms with Gasteiger partial charge in [-0.2, -0.15) is 0 Å². The lowest BCUT2D eigenvalue weighted by molar-refractivity contribution is 0.660. The number of hydrogen-bond donors (Lipinski definition) is 0. The number of anilines is 6. The molecule has 3 nitrogen and oxygen atoms in total. The van der Waals surface area contributed by atoms with Crippen LogP contribution in [0.5, 0.6) is 0 Å². The summed E-state index contributed by atoms with van der Waals surface area (Å²) in [6, 6.07) is 65.8. The van der Waals surface area contributed by atoms with Gasteiger partial charge in [0.25, 0.3) is 0 Å². The summed E-state index contributed by atoms with van der Waals surface area (Å²) in [5.74, 6) is 0. The Kier molecular flexibility index (Phi) is 7.07. The number of benzene rings is 8. The molecular formula is C51H36N2OS. The highest BCUT2D eigenvalue weighted by Crippen LogP contribution is 2.52. The zero-order chi connectivity index (χ0) is 36.7. The van der Waals surface area contributed by atoms with E-state index < -0.39 is 0 Å². The van der Waals surface area contributed by atoms with Crippen molar-refractivity contribution in [2.75, 3.05) is 9.80 Å². The summed E-state index contributed by atoms with van der Waals surface area (Å²) >= 11 is 1.85. The van der Waals surface area contributed by atoms with E-state index in [0.717, 1.165) is 56.1 Å². The van der Waals surface area contributed by atoms with E-state index in [0.29, 0.717) is 0 Å². The number of para-hydroxylation sites is 3. The molecule has 0 radical (unpaired) electrons. The molecule has 2 aromatic heterocycles. The van der Waals surface area contributed by atoms with Crippen molar-refractivity contribution in [3.63, 3.8) is 0 Å². The topological polar surface area (TPSA) is 19.6 Å². The predicted molar refractivity (Wildman–Crippen MR) is 234 cm³/mol. The van der Waals surface area contributed by atoms with Crippen molar-refractivity contribution < 1.29 is 4.42 Å². The van der Waals surface area contributed by atoms with Crippen LogP contribution in [-0.2, 0) is 5.41 Å². The van der Waals surface area contributed by atoms with Crippen molar-refractivity contribution in [3.05, 3.63) is 193 Å². The number of thiophene rings is 1. The Hall–Kier alpha value is -6.62. The van der Waals surface area contributed by atoms with Gasteiger partial charge >= 0.3 is 0 Å². The van der Waals surface area contributed by atoms with Gasteiger partial charge in [-0.05, 0) is 107 Å². The molecule has 55 heavy (non-hydrogen) atoms. The highest BCUT2D eigenvalue weighted by Gasteiger charge is 2.36. The monoisotopic (exact) mass is 724 g/mol. The third-order valence-electron chi connectivity index (χ3n) is 11.4. The van der Waals surface area contributed by atoms with Crippen LogP contribution in [0.15, 0.2) is 186 Å². The summed E-state index contributed by atoms with van der Waals surface area (Å²) in [6.45, 7) is 4.71. The van der Waals surface area contributed by atoms with Gasteiger partial charge in [0.1, 0.15) is 11.2 Å². The average molecular weight is 725 g/mol. The number of rotatable bonds is 6. The Bertz CT molecular complexity index is 3050. The van der Waals surface area contributed by atoms with Crippen LogP contribution in [0.25, 0.3) is 53.2 Å². The lowest BCUT2D eigenvalue weighted by Crippen LogP contribution is -2.16. The zero-order valence-electron chi connectivity index (χ0n) is 30.5. The molecule has 11 rings (SSSR count). The van der Waals surface area contributed by atoms with Crippen molar-refractivity contribution in [1.82, 2.24) is 0 Å². The largest absolute Gasteiger partial charge is 0.456 e. The van der Waals surface area contributed by atoms with E-state index in [1.54, 1.807) is 0 Å². The van der Waals surface area contributed by atoms with Gasteiger partial charge in [0, 0.05) is 53.7 Å². The quantitative estimate of drug-likeness (QED) is 0.170. The van der Waals surface area contributed by atoms with Crippen LogP contribution in [0.1, 0.15) is 25.0 Å². The summed E-state index contributed by atoms with van der Waals surface area (Å²) in [7, 11) is 0. The Labute approximate surface area is 323 Å². The molecule has 10 aromatic rings. The molecule has 0 saturated heterocycles. The van der Waals surface area contributed by atoms with Crippen LogP contribution in [-0.4, -0.2) is 0 Å². The van der Waals surface area contributed by atoms with Gasteiger partial charge in [-0.1, -0.05) is 111 Å². The van der Waals surface area contributed by atoms with Gasteiger partial charge in [0.15, 0.2) is 0 Å². The molecule has 0 spiro atoms. The second-order valence-electron chi connectivity index (χ2n) is 14.9. The molecule has 8 aromatic carbocycles. The van der Waals surface area contributed by atoms with Crippen LogP contribution < -0.4 is 9.80 Å². The molecular weight excluding hydrogens is 689 g/mol. The fourth-order valence-electron chi connectivity index (χ4n) is 8.90. The molecule has 0 amide bonds. The molecule has 1 aliphatic carbocycles. The Morgan fingerprint density at radius 1 is 0.418 bits per heavy atom. The molecule has 0 atom stereocenters. The average Bonchev–Trinajstić information content (AvgIpc) is 3.87. The molecule has 4 heteroatoms. The number of fused-ring (bicyclic) bond motifs is 9. The number of furan rings is 1. The first kappa shape index (κ1) is 31.9. The third-order valence-corrected chi connectivity index (χ3v) is 12.6. The maximum Gasteiger partial charge on any atom is 0.137 e. The first-order chi connectivity index (χ1) is 27.0. The number of nitrogens with zero attached hydrogens (tertiary/aromatic N) is 2.